The van der Waals surface area contributed by atoms with E-state index in [1.54, 1.807) is 0 Å². The summed E-state index contributed by atoms with van der Waals surface area (Å²) in [6.45, 7) is 6.85. The highest BCUT2D eigenvalue weighted by molar-refractivity contribution is 5.35. The summed E-state index contributed by atoms with van der Waals surface area (Å²) >= 11 is 0. The van der Waals surface area contributed by atoms with Gasteiger partial charge in [0.05, 0.1) is 19.3 Å². The van der Waals surface area contributed by atoms with Crippen molar-refractivity contribution in [3.63, 3.8) is 0 Å². The van der Waals surface area contributed by atoms with E-state index >= 15 is 0 Å². The normalized spacial score (nSPS) is 19.2. The van der Waals surface area contributed by atoms with Crippen LogP contribution in [0.3, 0.4) is 0 Å². The predicted molar refractivity (Wildman–Crippen MR) is 105 cm³/mol. The molecule has 2 aromatic rings. The molecule has 0 saturated carbocycles. The Kier molecular flexibility index (Phi) is 7.04. The van der Waals surface area contributed by atoms with Gasteiger partial charge in [0.1, 0.15) is 6.61 Å². The van der Waals surface area contributed by atoms with Gasteiger partial charge in [0, 0.05) is 5.92 Å². The maximum Gasteiger partial charge on any atom is 0.204 e. The van der Waals surface area contributed by atoms with Gasteiger partial charge in [-0.2, -0.15) is 8.78 Å². The second kappa shape index (κ2) is 9.69. The molecule has 0 aromatic heterocycles. The van der Waals surface area contributed by atoms with Crippen LogP contribution in [0.15, 0.2) is 49.1 Å². The largest absolute Gasteiger partial charge is 0.490 e. The van der Waals surface area contributed by atoms with E-state index in [2.05, 4.69) is 6.58 Å². The summed E-state index contributed by atoms with van der Waals surface area (Å²) < 4.78 is 44.6. The van der Waals surface area contributed by atoms with E-state index in [0.717, 1.165) is 24.8 Å². The Labute approximate surface area is 164 Å². The minimum absolute atomic E-state index is 0.0931. The molecule has 2 atom stereocenters. The van der Waals surface area contributed by atoms with Crippen molar-refractivity contribution in [3.05, 3.63) is 71.8 Å². The number of hydrogen-bond donors (Lipinski definition) is 0. The molecule has 0 bridgehead atoms. The smallest absolute Gasteiger partial charge is 0.204 e. The van der Waals surface area contributed by atoms with Crippen LogP contribution in [0.25, 0.3) is 0 Å². The van der Waals surface area contributed by atoms with Crippen LogP contribution in [0.4, 0.5) is 8.78 Å². The molecule has 0 N–H and O–H groups in total. The molecule has 5 heteroatoms. The average molecular weight is 388 g/mol. The SMILES string of the molecule is C=CC1CCC(c2ccc(COc3ccc(OCCC)c(F)c3F)cc2)CO1. The highest BCUT2D eigenvalue weighted by atomic mass is 19.2. The second-order valence-electron chi connectivity index (χ2n) is 6.95. The Balaban J connectivity index is 1.58. The van der Waals surface area contributed by atoms with Crippen molar-refractivity contribution in [2.75, 3.05) is 13.2 Å². The van der Waals surface area contributed by atoms with Crippen molar-refractivity contribution in [2.45, 2.75) is 44.8 Å². The minimum Gasteiger partial charge on any atom is -0.490 e. The highest BCUT2D eigenvalue weighted by Crippen LogP contribution is 2.30. The summed E-state index contributed by atoms with van der Waals surface area (Å²) in [6, 6.07) is 10.8. The zero-order valence-corrected chi connectivity index (χ0v) is 16.1. The Hall–Kier alpha value is -2.40. The van der Waals surface area contributed by atoms with Crippen molar-refractivity contribution in [3.8, 4) is 11.5 Å². The van der Waals surface area contributed by atoms with Gasteiger partial charge < -0.3 is 14.2 Å². The summed E-state index contributed by atoms with van der Waals surface area (Å²) in [4.78, 5) is 0. The van der Waals surface area contributed by atoms with Crippen LogP contribution in [0.1, 0.15) is 43.2 Å². The van der Waals surface area contributed by atoms with E-state index in [4.69, 9.17) is 14.2 Å². The maximum atomic E-state index is 14.2. The molecule has 0 radical (unpaired) electrons. The summed E-state index contributed by atoms with van der Waals surface area (Å²) in [5.41, 5.74) is 2.09. The third-order valence-electron chi connectivity index (χ3n) is 4.89. The van der Waals surface area contributed by atoms with Crippen molar-refractivity contribution in [1.29, 1.82) is 0 Å². The third kappa shape index (κ3) is 4.90. The van der Waals surface area contributed by atoms with E-state index in [-0.39, 0.29) is 24.2 Å². The molecule has 150 valence electrons. The molecule has 0 spiro atoms. The molecule has 1 saturated heterocycles. The predicted octanol–water partition coefficient (Wildman–Crippen LogP) is 5.78. The lowest BCUT2D eigenvalue weighted by molar-refractivity contribution is 0.0329. The van der Waals surface area contributed by atoms with Crippen molar-refractivity contribution >= 4 is 0 Å². The first-order valence-corrected chi connectivity index (χ1v) is 9.69. The van der Waals surface area contributed by atoms with Crippen molar-refractivity contribution in [2.24, 2.45) is 0 Å². The van der Waals surface area contributed by atoms with Gasteiger partial charge in [-0.15, -0.1) is 6.58 Å². The Morgan fingerprint density at radius 1 is 1.04 bits per heavy atom. The molecule has 3 nitrogen and oxygen atoms in total. The van der Waals surface area contributed by atoms with E-state index in [1.165, 1.54) is 17.7 Å². The van der Waals surface area contributed by atoms with E-state index in [9.17, 15) is 8.78 Å². The molecule has 2 unspecified atom stereocenters. The number of hydrogen-bond acceptors (Lipinski definition) is 3. The molecule has 1 aliphatic rings. The number of ether oxygens (including phenoxy) is 3. The quantitative estimate of drug-likeness (QED) is 0.537. The van der Waals surface area contributed by atoms with Crippen LogP contribution >= 0.6 is 0 Å². The van der Waals surface area contributed by atoms with E-state index in [0.29, 0.717) is 19.1 Å². The number of benzene rings is 2. The number of rotatable bonds is 8. The molecular formula is C23H26F2O3. The summed E-state index contributed by atoms with van der Waals surface area (Å²) in [5.74, 6) is -1.89. The fourth-order valence-corrected chi connectivity index (χ4v) is 3.22. The molecule has 1 aliphatic heterocycles. The van der Waals surface area contributed by atoms with Gasteiger partial charge in [-0.25, -0.2) is 0 Å². The van der Waals surface area contributed by atoms with E-state index in [1.807, 2.05) is 37.3 Å². The highest BCUT2D eigenvalue weighted by Gasteiger charge is 2.21. The maximum absolute atomic E-state index is 14.2. The summed E-state index contributed by atoms with van der Waals surface area (Å²) in [7, 11) is 0. The summed E-state index contributed by atoms with van der Waals surface area (Å²) in [6.07, 6.45) is 4.75. The van der Waals surface area contributed by atoms with Gasteiger partial charge in [-0.05, 0) is 42.5 Å². The zero-order valence-electron chi connectivity index (χ0n) is 16.1. The monoisotopic (exact) mass is 388 g/mol. The first-order valence-electron chi connectivity index (χ1n) is 9.69. The van der Waals surface area contributed by atoms with Gasteiger partial charge in [0.2, 0.25) is 11.6 Å². The fourth-order valence-electron chi connectivity index (χ4n) is 3.22. The molecule has 2 aromatic carbocycles. The lowest BCUT2D eigenvalue weighted by atomic mass is 9.91. The van der Waals surface area contributed by atoms with Crippen LogP contribution in [0.5, 0.6) is 11.5 Å². The second-order valence-corrected chi connectivity index (χ2v) is 6.95. The van der Waals surface area contributed by atoms with Gasteiger partial charge in [0.25, 0.3) is 0 Å². The topological polar surface area (TPSA) is 27.7 Å². The van der Waals surface area contributed by atoms with Gasteiger partial charge in [-0.1, -0.05) is 37.3 Å². The average Bonchev–Trinajstić information content (AvgIpc) is 2.74. The van der Waals surface area contributed by atoms with Crippen LogP contribution < -0.4 is 9.47 Å². The Morgan fingerprint density at radius 2 is 1.71 bits per heavy atom. The molecular weight excluding hydrogens is 362 g/mol. The Morgan fingerprint density at radius 3 is 2.29 bits per heavy atom. The minimum atomic E-state index is -1.03. The van der Waals surface area contributed by atoms with Crippen LogP contribution in [-0.4, -0.2) is 19.3 Å². The molecule has 0 aliphatic carbocycles. The van der Waals surface area contributed by atoms with Crippen molar-refractivity contribution < 1.29 is 23.0 Å². The lowest BCUT2D eigenvalue weighted by Gasteiger charge is -2.27. The van der Waals surface area contributed by atoms with Crippen molar-refractivity contribution in [1.82, 2.24) is 0 Å². The summed E-state index contributed by atoms with van der Waals surface area (Å²) in [5, 5.41) is 0. The Bertz CT molecular complexity index is 781. The van der Waals surface area contributed by atoms with Gasteiger partial charge in [-0.3, -0.25) is 0 Å². The molecule has 1 heterocycles. The van der Waals surface area contributed by atoms with Crippen LogP contribution in [-0.2, 0) is 11.3 Å². The van der Waals surface area contributed by atoms with Crippen LogP contribution in [0.2, 0.25) is 0 Å². The number of halogens is 2. The van der Waals surface area contributed by atoms with Gasteiger partial charge in [0.15, 0.2) is 11.5 Å². The third-order valence-corrected chi connectivity index (χ3v) is 4.89. The fraction of sp³-hybridized carbons (Fsp3) is 0.391. The lowest BCUT2D eigenvalue weighted by Crippen LogP contribution is -2.22. The van der Waals surface area contributed by atoms with E-state index < -0.39 is 11.6 Å². The zero-order chi connectivity index (χ0) is 19.9. The molecule has 3 rings (SSSR count). The van der Waals surface area contributed by atoms with Crippen LogP contribution in [0, 0.1) is 11.6 Å². The first-order chi connectivity index (χ1) is 13.6. The molecule has 1 fully saturated rings. The molecule has 28 heavy (non-hydrogen) atoms. The first kappa shape index (κ1) is 20.3. The van der Waals surface area contributed by atoms with Gasteiger partial charge >= 0.3 is 0 Å². The standard InChI is InChI=1S/C23H26F2O3/c1-3-13-26-20-11-12-21(23(25)22(20)24)28-14-16-5-7-17(8-6-16)18-9-10-19(4-2)27-15-18/h4-8,11-12,18-19H,2-3,9-10,13-15H2,1H3. The molecule has 0 amide bonds.